The van der Waals surface area contributed by atoms with Gasteiger partial charge in [0.15, 0.2) is 0 Å². The zero-order chi connectivity index (χ0) is 24.3. The number of hydrogen-bond donors (Lipinski definition) is 2. The summed E-state index contributed by atoms with van der Waals surface area (Å²) < 4.78 is 6.72. The van der Waals surface area contributed by atoms with Crippen LogP contribution < -0.4 is 15.5 Å². The first-order valence-corrected chi connectivity index (χ1v) is 12.0. The maximum absolute atomic E-state index is 13.0. The Kier molecular flexibility index (Phi) is 9.40. The van der Waals surface area contributed by atoms with Crippen molar-refractivity contribution < 1.29 is 14.3 Å². The van der Waals surface area contributed by atoms with E-state index >= 15 is 0 Å². The van der Waals surface area contributed by atoms with Gasteiger partial charge < -0.3 is 10.1 Å². The Morgan fingerprint density at radius 1 is 0.941 bits per heavy atom. The predicted molar refractivity (Wildman–Crippen MR) is 144 cm³/mol. The zero-order valence-corrected chi connectivity index (χ0v) is 21.2. The molecule has 0 atom stereocenters. The van der Waals surface area contributed by atoms with E-state index in [9.17, 15) is 9.59 Å². The fourth-order valence-electron chi connectivity index (χ4n) is 2.94. The van der Waals surface area contributed by atoms with Gasteiger partial charge in [0.1, 0.15) is 11.4 Å². The van der Waals surface area contributed by atoms with Crippen molar-refractivity contribution >= 4 is 46.2 Å². The van der Waals surface area contributed by atoms with Gasteiger partial charge in [-0.05, 0) is 89.5 Å². The number of ether oxygens (including phenoxy) is 1. The third-order valence-electron chi connectivity index (χ3n) is 4.78. The Morgan fingerprint density at radius 2 is 1.62 bits per heavy atom. The number of nitrogens with one attached hydrogen (secondary N) is 2. The van der Waals surface area contributed by atoms with E-state index in [2.05, 4.69) is 38.4 Å². The summed E-state index contributed by atoms with van der Waals surface area (Å²) in [7, 11) is 0. The fraction of sp³-hybridized carbons (Fsp3) is 0.148. The standard InChI is InChI=1S/C27H26IN3O3/c1-3-17-34-24-15-9-20(10-16-24)18-25(29-26(32)22-7-5-4-6-8-22)27(33)31-30-19(2)21-11-13-23(28)14-12-21/h4-16,18H,3,17H2,1-2H3,(H,29,32)(H,31,33)/b25-18-,30-19-. The SMILES string of the molecule is CCCOc1ccc(/C=C(\NC(=O)c2ccccc2)C(=O)N/N=C(/C)c2ccc(I)cc2)cc1. The van der Waals surface area contributed by atoms with Crippen LogP contribution in [-0.4, -0.2) is 24.1 Å². The van der Waals surface area contributed by atoms with Crippen LogP contribution in [-0.2, 0) is 4.79 Å². The second-order valence-corrected chi connectivity index (χ2v) is 8.69. The first-order valence-electron chi connectivity index (χ1n) is 10.9. The van der Waals surface area contributed by atoms with Gasteiger partial charge in [0, 0.05) is 9.13 Å². The molecule has 6 nitrogen and oxygen atoms in total. The lowest BCUT2D eigenvalue weighted by Crippen LogP contribution is -2.33. The second kappa shape index (κ2) is 12.7. The van der Waals surface area contributed by atoms with Gasteiger partial charge in [-0.1, -0.05) is 49.4 Å². The van der Waals surface area contributed by atoms with Gasteiger partial charge in [0.2, 0.25) is 0 Å². The quantitative estimate of drug-likeness (QED) is 0.158. The molecule has 0 spiro atoms. The number of halogens is 1. The van der Waals surface area contributed by atoms with Crippen LogP contribution in [0.5, 0.6) is 5.75 Å². The molecule has 2 amide bonds. The molecule has 0 bridgehead atoms. The number of amides is 2. The molecule has 7 heteroatoms. The molecule has 174 valence electrons. The van der Waals surface area contributed by atoms with E-state index in [1.165, 1.54) is 0 Å². The molecule has 0 saturated heterocycles. The number of carbonyl (C=O) groups excluding carboxylic acids is 2. The van der Waals surface area contributed by atoms with Crippen LogP contribution in [0.25, 0.3) is 6.08 Å². The average Bonchev–Trinajstić information content (AvgIpc) is 2.87. The average molecular weight is 567 g/mol. The number of benzene rings is 3. The minimum atomic E-state index is -0.527. The second-order valence-electron chi connectivity index (χ2n) is 7.44. The number of hydrazone groups is 1. The summed E-state index contributed by atoms with van der Waals surface area (Å²) in [4.78, 5) is 25.7. The largest absolute Gasteiger partial charge is 0.494 e. The molecular formula is C27H26IN3O3. The first kappa shape index (κ1) is 25.2. The van der Waals surface area contributed by atoms with Crippen molar-refractivity contribution in [1.29, 1.82) is 0 Å². The summed E-state index contributed by atoms with van der Waals surface area (Å²) >= 11 is 2.23. The van der Waals surface area contributed by atoms with Gasteiger partial charge in [0.25, 0.3) is 11.8 Å². The lowest BCUT2D eigenvalue weighted by Gasteiger charge is -2.10. The summed E-state index contributed by atoms with van der Waals surface area (Å²) in [6.07, 6.45) is 2.52. The summed E-state index contributed by atoms with van der Waals surface area (Å²) in [5.41, 5.74) is 5.35. The minimum Gasteiger partial charge on any atom is -0.494 e. The molecule has 0 heterocycles. The summed E-state index contributed by atoms with van der Waals surface area (Å²) in [5, 5.41) is 6.93. The lowest BCUT2D eigenvalue weighted by molar-refractivity contribution is -0.117. The molecule has 0 aromatic heterocycles. The molecule has 0 radical (unpaired) electrons. The topological polar surface area (TPSA) is 79.8 Å². The molecule has 3 aromatic carbocycles. The van der Waals surface area contributed by atoms with Gasteiger partial charge in [-0.25, -0.2) is 5.43 Å². The molecule has 2 N–H and O–H groups in total. The predicted octanol–water partition coefficient (Wildman–Crippen LogP) is 5.39. The van der Waals surface area contributed by atoms with E-state index in [-0.39, 0.29) is 11.6 Å². The molecule has 3 aromatic rings. The Labute approximate surface area is 213 Å². The van der Waals surface area contributed by atoms with Crippen molar-refractivity contribution in [3.63, 3.8) is 0 Å². The molecule has 34 heavy (non-hydrogen) atoms. The fourth-order valence-corrected chi connectivity index (χ4v) is 3.30. The van der Waals surface area contributed by atoms with E-state index in [4.69, 9.17) is 4.74 Å². The Balaban J connectivity index is 1.82. The van der Waals surface area contributed by atoms with Crippen molar-refractivity contribution in [2.45, 2.75) is 20.3 Å². The van der Waals surface area contributed by atoms with Gasteiger partial charge in [0.05, 0.1) is 12.3 Å². The van der Waals surface area contributed by atoms with Gasteiger partial charge in [-0.15, -0.1) is 0 Å². The molecule has 0 saturated carbocycles. The van der Waals surface area contributed by atoms with Gasteiger partial charge in [-0.3, -0.25) is 9.59 Å². The highest BCUT2D eigenvalue weighted by Crippen LogP contribution is 2.15. The van der Waals surface area contributed by atoms with Crippen LogP contribution >= 0.6 is 22.6 Å². The molecule has 0 aliphatic heterocycles. The van der Waals surface area contributed by atoms with Crippen molar-refractivity contribution in [3.05, 3.63) is 105 Å². The number of nitrogens with zero attached hydrogens (tertiary/aromatic N) is 1. The van der Waals surface area contributed by atoms with Crippen molar-refractivity contribution in [1.82, 2.24) is 10.7 Å². The smallest absolute Gasteiger partial charge is 0.287 e. The molecule has 3 rings (SSSR count). The van der Waals surface area contributed by atoms with Crippen LogP contribution in [0.15, 0.2) is 89.7 Å². The monoisotopic (exact) mass is 567 g/mol. The number of hydrogen-bond acceptors (Lipinski definition) is 4. The van der Waals surface area contributed by atoms with E-state index < -0.39 is 5.91 Å². The Hall–Kier alpha value is -3.46. The normalized spacial score (nSPS) is 11.6. The molecule has 0 fully saturated rings. The van der Waals surface area contributed by atoms with Crippen LogP contribution in [0, 0.1) is 3.57 Å². The lowest BCUT2D eigenvalue weighted by atomic mass is 10.1. The highest BCUT2D eigenvalue weighted by Gasteiger charge is 2.14. The van der Waals surface area contributed by atoms with E-state index in [1.54, 1.807) is 30.3 Å². The summed E-state index contributed by atoms with van der Waals surface area (Å²) in [6.45, 7) is 4.48. The molecular weight excluding hydrogens is 541 g/mol. The van der Waals surface area contributed by atoms with E-state index in [1.807, 2.05) is 68.4 Å². The van der Waals surface area contributed by atoms with Crippen LogP contribution in [0.1, 0.15) is 41.8 Å². The van der Waals surface area contributed by atoms with Crippen molar-refractivity contribution in [3.8, 4) is 5.75 Å². The third kappa shape index (κ3) is 7.55. The third-order valence-corrected chi connectivity index (χ3v) is 5.50. The van der Waals surface area contributed by atoms with Crippen molar-refractivity contribution in [2.75, 3.05) is 6.61 Å². The molecule has 0 aliphatic carbocycles. The maximum atomic E-state index is 13.0. The van der Waals surface area contributed by atoms with E-state index in [0.29, 0.717) is 17.9 Å². The van der Waals surface area contributed by atoms with E-state index in [0.717, 1.165) is 26.9 Å². The molecule has 0 aliphatic rings. The number of carbonyl (C=O) groups is 2. The van der Waals surface area contributed by atoms with Gasteiger partial charge >= 0.3 is 0 Å². The first-order chi connectivity index (χ1) is 16.5. The van der Waals surface area contributed by atoms with Crippen LogP contribution in [0.3, 0.4) is 0 Å². The molecule has 0 unspecified atom stereocenters. The van der Waals surface area contributed by atoms with Crippen LogP contribution in [0.4, 0.5) is 0 Å². The number of rotatable bonds is 9. The highest BCUT2D eigenvalue weighted by molar-refractivity contribution is 14.1. The van der Waals surface area contributed by atoms with Gasteiger partial charge in [-0.2, -0.15) is 5.10 Å². The van der Waals surface area contributed by atoms with Crippen molar-refractivity contribution in [2.24, 2.45) is 5.10 Å². The highest BCUT2D eigenvalue weighted by atomic mass is 127. The minimum absolute atomic E-state index is 0.0789. The Bertz CT molecular complexity index is 1170. The maximum Gasteiger partial charge on any atom is 0.287 e. The summed E-state index contributed by atoms with van der Waals surface area (Å²) in [6, 6.07) is 23.8. The summed E-state index contributed by atoms with van der Waals surface area (Å²) in [5.74, 6) is -0.167. The van der Waals surface area contributed by atoms with Crippen LogP contribution in [0.2, 0.25) is 0 Å². The Morgan fingerprint density at radius 3 is 2.26 bits per heavy atom. The zero-order valence-electron chi connectivity index (χ0n) is 19.0.